The highest BCUT2D eigenvalue weighted by atomic mass is 16.5. The number of nitrogens with zero attached hydrogens (tertiary/aromatic N) is 3. The van der Waals surface area contributed by atoms with Crippen LogP contribution in [0.25, 0.3) is 0 Å². The van der Waals surface area contributed by atoms with Gasteiger partial charge in [0, 0.05) is 7.05 Å². The number of amides is 1. The molecule has 1 aromatic carbocycles. The van der Waals surface area contributed by atoms with Crippen molar-refractivity contribution < 1.29 is 9.53 Å². The van der Waals surface area contributed by atoms with Crippen LogP contribution in [-0.2, 0) is 23.0 Å². The second-order valence-electron chi connectivity index (χ2n) is 4.83. The number of aromatic nitrogens is 3. The third-order valence-corrected chi connectivity index (χ3v) is 3.43. The first-order valence-corrected chi connectivity index (χ1v) is 6.57. The molecule has 1 amide bonds. The van der Waals surface area contributed by atoms with Crippen LogP contribution in [-0.4, -0.2) is 27.3 Å². The van der Waals surface area contributed by atoms with Crippen molar-refractivity contribution in [3.63, 3.8) is 0 Å². The van der Waals surface area contributed by atoms with E-state index in [1.807, 2.05) is 18.2 Å². The number of anilines is 1. The first-order chi connectivity index (χ1) is 9.74. The minimum absolute atomic E-state index is 0.122. The van der Waals surface area contributed by atoms with Crippen molar-refractivity contribution in [1.29, 1.82) is 0 Å². The maximum atomic E-state index is 12.1. The second kappa shape index (κ2) is 5.42. The Morgan fingerprint density at radius 3 is 3.15 bits per heavy atom. The number of carbonyl (C=O) groups is 1. The van der Waals surface area contributed by atoms with E-state index < -0.39 is 0 Å². The molecule has 0 radical (unpaired) electrons. The lowest BCUT2D eigenvalue weighted by Gasteiger charge is -2.25. The Hall–Kier alpha value is -2.21. The van der Waals surface area contributed by atoms with Gasteiger partial charge >= 0.3 is 0 Å². The van der Waals surface area contributed by atoms with Gasteiger partial charge in [-0.15, -0.1) is 10.2 Å². The van der Waals surface area contributed by atoms with Crippen molar-refractivity contribution in [3.8, 4) is 0 Å². The zero-order valence-electron chi connectivity index (χ0n) is 11.2. The molecule has 20 heavy (non-hydrogen) atoms. The van der Waals surface area contributed by atoms with Crippen LogP contribution in [0, 0.1) is 0 Å². The number of nitrogens with one attached hydrogen (secondary N) is 1. The molecule has 0 spiro atoms. The fourth-order valence-corrected chi connectivity index (χ4v) is 2.39. The van der Waals surface area contributed by atoms with Gasteiger partial charge < -0.3 is 9.30 Å². The van der Waals surface area contributed by atoms with E-state index in [1.54, 1.807) is 17.9 Å². The number of aryl methyl sites for hydroxylation is 1. The number of ether oxygens (including phenoxy) is 1. The van der Waals surface area contributed by atoms with Crippen LogP contribution in [0.5, 0.6) is 0 Å². The molecule has 1 atom stereocenters. The molecule has 0 fully saturated rings. The van der Waals surface area contributed by atoms with Crippen LogP contribution in [0.2, 0.25) is 0 Å². The zero-order valence-corrected chi connectivity index (χ0v) is 11.2. The van der Waals surface area contributed by atoms with Crippen LogP contribution < -0.4 is 5.32 Å². The molecule has 1 aliphatic rings. The highest BCUT2D eigenvalue weighted by Crippen LogP contribution is 2.29. The Morgan fingerprint density at radius 1 is 1.50 bits per heavy atom. The summed E-state index contributed by atoms with van der Waals surface area (Å²) < 4.78 is 7.38. The highest BCUT2D eigenvalue weighted by Gasteiger charge is 2.23. The number of hydrogen-bond acceptors (Lipinski definition) is 4. The lowest BCUT2D eigenvalue weighted by atomic mass is 9.96. The van der Waals surface area contributed by atoms with Crippen LogP contribution in [0.1, 0.15) is 23.7 Å². The molecule has 2 aromatic rings. The Balaban J connectivity index is 1.70. The minimum Gasteiger partial charge on any atom is -0.373 e. The first-order valence-electron chi connectivity index (χ1n) is 6.57. The van der Waals surface area contributed by atoms with E-state index in [1.165, 1.54) is 5.56 Å². The SMILES string of the molecule is Cn1cnnc1NC(=O)CC1OCCc2ccccc21. The lowest BCUT2D eigenvalue weighted by molar-refractivity contribution is -0.119. The predicted octanol–water partition coefficient (Wildman–Crippen LogP) is 1.46. The second-order valence-corrected chi connectivity index (χ2v) is 4.83. The first kappa shape index (κ1) is 12.8. The van der Waals surface area contributed by atoms with Crippen molar-refractivity contribution >= 4 is 11.9 Å². The van der Waals surface area contributed by atoms with Crippen molar-refractivity contribution in [2.45, 2.75) is 18.9 Å². The monoisotopic (exact) mass is 272 g/mol. The Labute approximate surface area is 116 Å². The molecule has 0 saturated carbocycles. The summed E-state index contributed by atoms with van der Waals surface area (Å²) in [5, 5.41) is 10.3. The fourth-order valence-electron chi connectivity index (χ4n) is 2.39. The van der Waals surface area contributed by atoms with Crippen LogP contribution in [0.3, 0.4) is 0 Å². The molecular formula is C14H16N4O2. The number of benzene rings is 1. The summed E-state index contributed by atoms with van der Waals surface area (Å²) in [4.78, 5) is 12.1. The molecule has 1 unspecified atom stereocenters. The third kappa shape index (κ3) is 2.55. The van der Waals surface area contributed by atoms with Gasteiger partial charge in [0.2, 0.25) is 11.9 Å². The summed E-state index contributed by atoms with van der Waals surface area (Å²) in [7, 11) is 1.78. The number of hydrogen-bond donors (Lipinski definition) is 1. The van der Waals surface area contributed by atoms with E-state index in [0.717, 1.165) is 12.0 Å². The van der Waals surface area contributed by atoms with Gasteiger partial charge in [0.15, 0.2) is 0 Å². The molecule has 0 saturated heterocycles. The number of fused-ring (bicyclic) bond motifs is 1. The molecule has 1 aliphatic heterocycles. The number of carbonyl (C=O) groups excluding carboxylic acids is 1. The molecular weight excluding hydrogens is 256 g/mol. The van der Waals surface area contributed by atoms with Crippen LogP contribution in [0.15, 0.2) is 30.6 Å². The van der Waals surface area contributed by atoms with E-state index in [-0.39, 0.29) is 18.4 Å². The van der Waals surface area contributed by atoms with Gasteiger partial charge in [-0.05, 0) is 17.5 Å². The standard InChI is InChI=1S/C14H16N4O2/c1-18-9-15-17-14(18)16-13(19)8-12-11-5-3-2-4-10(11)6-7-20-12/h2-5,9,12H,6-8H2,1H3,(H,16,17,19). The van der Waals surface area contributed by atoms with E-state index in [2.05, 4.69) is 21.6 Å². The van der Waals surface area contributed by atoms with Crippen molar-refractivity contribution in [2.75, 3.05) is 11.9 Å². The average Bonchev–Trinajstić information content (AvgIpc) is 2.85. The molecule has 104 valence electrons. The summed E-state index contributed by atoms with van der Waals surface area (Å²) >= 11 is 0. The Morgan fingerprint density at radius 2 is 2.35 bits per heavy atom. The van der Waals surface area contributed by atoms with Gasteiger partial charge in [0.25, 0.3) is 0 Å². The minimum atomic E-state index is -0.187. The van der Waals surface area contributed by atoms with E-state index in [9.17, 15) is 4.79 Å². The summed E-state index contributed by atoms with van der Waals surface area (Å²) in [5.74, 6) is 0.321. The molecule has 3 rings (SSSR count). The predicted molar refractivity (Wildman–Crippen MR) is 73.1 cm³/mol. The third-order valence-electron chi connectivity index (χ3n) is 3.43. The molecule has 0 aliphatic carbocycles. The van der Waals surface area contributed by atoms with E-state index in [4.69, 9.17) is 4.74 Å². The highest BCUT2D eigenvalue weighted by molar-refractivity contribution is 5.89. The quantitative estimate of drug-likeness (QED) is 0.918. The lowest BCUT2D eigenvalue weighted by Crippen LogP contribution is -2.23. The molecule has 1 N–H and O–H groups in total. The van der Waals surface area contributed by atoms with Crippen molar-refractivity contribution in [3.05, 3.63) is 41.7 Å². The van der Waals surface area contributed by atoms with Gasteiger partial charge in [0.1, 0.15) is 6.33 Å². The average molecular weight is 272 g/mol. The van der Waals surface area contributed by atoms with Gasteiger partial charge in [-0.25, -0.2) is 0 Å². The summed E-state index contributed by atoms with van der Waals surface area (Å²) in [6, 6.07) is 8.10. The molecule has 0 bridgehead atoms. The molecule has 6 heteroatoms. The van der Waals surface area contributed by atoms with Gasteiger partial charge in [-0.1, -0.05) is 24.3 Å². The van der Waals surface area contributed by atoms with Gasteiger partial charge in [-0.2, -0.15) is 0 Å². The molecule has 6 nitrogen and oxygen atoms in total. The summed E-state index contributed by atoms with van der Waals surface area (Å²) in [5.41, 5.74) is 2.36. The number of rotatable bonds is 3. The Kier molecular flexibility index (Phi) is 3.47. The summed E-state index contributed by atoms with van der Waals surface area (Å²) in [6.45, 7) is 0.652. The fraction of sp³-hybridized carbons (Fsp3) is 0.357. The van der Waals surface area contributed by atoms with Crippen molar-refractivity contribution in [1.82, 2.24) is 14.8 Å². The maximum Gasteiger partial charge on any atom is 0.230 e. The molecule has 1 aromatic heterocycles. The van der Waals surface area contributed by atoms with Crippen LogP contribution >= 0.6 is 0 Å². The zero-order chi connectivity index (χ0) is 13.9. The van der Waals surface area contributed by atoms with E-state index >= 15 is 0 Å². The Bertz CT molecular complexity index is 623. The van der Waals surface area contributed by atoms with Crippen molar-refractivity contribution in [2.24, 2.45) is 7.05 Å². The maximum absolute atomic E-state index is 12.1. The van der Waals surface area contributed by atoms with Gasteiger partial charge in [0.05, 0.1) is 19.1 Å². The normalized spacial score (nSPS) is 17.6. The van der Waals surface area contributed by atoms with Crippen LogP contribution in [0.4, 0.5) is 5.95 Å². The summed E-state index contributed by atoms with van der Waals surface area (Å²) in [6.07, 6.45) is 2.54. The topological polar surface area (TPSA) is 69.0 Å². The van der Waals surface area contributed by atoms with E-state index in [0.29, 0.717) is 12.6 Å². The molecule has 2 heterocycles. The smallest absolute Gasteiger partial charge is 0.230 e. The largest absolute Gasteiger partial charge is 0.373 e. The van der Waals surface area contributed by atoms with Gasteiger partial charge in [-0.3, -0.25) is 10.1 Å².